The van der Waals surface area contributed by atoms with Gasteiger partial charge in [0.05, 0.1) is 24.6 Å². The molecule has 2 N–H and O–H groups in total. The first kappa shape index (κ1) is 18.1. The van der Waals surface area contributed by atoms with E-state index in [0.717, 1.165) is 37.7 Å². The first-order valence-electron chi connectivity index (χ1n) is 8.77. The number of hydrogen-bond donors (Lipinski definition) is 2. The molecule has 0 spiro atoms. The van der Waals surface area contributed by atoms with Crippen LogP contribution in [0.15, 0.2) is 36.4 Å². The Kier molecular flexibility index (Phi) is 5.37. The van der Waals surface area contributed by atoms with E-state index in [1.54, 1.807) is 12.1 Å². The molecule has 0 bridgehead atoms. The van der Waals surface area contributed by atoms with Crippen molar-refractivity contribution in [1.82, 2.24) is 15.5 Å². The van der Waals surface area contributed by atoms with E-state index in [1.807, 2.05) is 39.0 Å². The van der Waals surface area contributed by atoms with Crippen molar-refractivity contribution >= 4 is 23.1 Å². The molecule has 1 amide bonds. The predicted molar refractivity (Wildman–Crippen MR) is 102 cm³/mol. The van der Waals surface area contributed by atoms with Gasteiger partial charge in [0.25, 0.3) is 5.91 Å². The Morgan fingerprint density at radius 1 is 1.08 bits per heavy atom. The summed E-state index contributed by atoms with van der Waals surface area (Å²) in [5.74, 6) is 0.364. The van der Waals surface area contributed by atoms with Crippen molar-refractivity contribution in [2.75, 3.05) is 36.5 Å². The highest BCUT2D eigenvalue weighted by Gasteiger charge is 2.17. The Morgan fingerprint density at radius 3 is 2.46 bits per heavy atom. The third kappa shape index (κ3) is 4.70. The number of amides is 1. The summed E-state index contributed by atoms with van der Waals surface area (Å²) in [6.45, 7) is 8.95. The number of hydrogen-bond acceptors (Lipinski definition) is 6. The number of aromatic nitrogens is 2. The maximum Gasteiger partial charge on any atom is 0.272 e. The smallest absolute Gasteiger partial charge is 0.272 e. The molecule has 2 aromatic rings. The van der Waals surface area contributed by atoms with E-state index in [2.05, 4.69) is 31.8 Å². The van der Waals surface area contributed by atoms with Gasteiger partial charge in [0.2, 0.25) is 0 Å². The normalized spacial score (nSPS) is 14.8. The van der Waals surface area contributed by atoms with Crippen LogP contribution in [0, 0.1) is 0 Å². The molecule has 0 aliphatic carbocycles. The fourth-order valence-corrected chi connectivity index (χ4v) is 2.72. The van der Waals surface area contributed by atoms with Crippen LogP contribution < -0.4 is 15.5 Å². The van der Waals surface area contributed by atoms with Crippen molar-refractivity contribution in [3.63, 3.8) is 0 Å². The lowest BCUT2D eigenvalue weighted by Gasteiger charge is -2.30. The number of anilines is 3. The zero-order valence-corrected chi connectivity index (χ0v) is 15.5. The Hall–Kier alpha value is -2.67. The van der Waals surface area contributed by atoms with Crippen LogP contribution in [0.4, 0.5) is 17.2 Å². The van der Waals surface area contributed by atoms with Crippen molar-refractivity contribution < 1.29 is 9.53 Å². The van der Waals surface area contributed by atoms with Gasteiger partial charge in [0, 0.05) is 18.6 Å². The second-order valence-electron chi connectivity index (χ2n) is 7.25. The van der Waals surface area contributed by atoms with Gasteiger partial charge in [-0.25, -0.2) is 0 Å². The van der Waals surface area contributed by atoms with Crippen LogP contribution in [-0.2, 0) is 4.74 Å². The molecule has 138 valence electrons. The molecule has 0 unspecified atom stereocenters. The number of carbonyl (C=O) groups excluding carboxylic acids is 1. The van der Waals surface area contributed by atoms with Crippen molar-refractivity contribution in [2.45, 2.75) is 26.3 Å². The third-order valence-corrected chi connectivity index (χ3v) is 3.90. The van der Waals surface area contributed by atoms with E-state index in [-0.39, 0.29) is 11.4 Å². The van der Waals surface area contributed by atoms with Crippen LogP contribution in [-0.4, -0.2) is 47.9 Å². The molecule has 1 aliphatic rings. The van der Waals surface area contributed by atoms with Gasteiger partial charge in [-0.05, 0) is 45.0 Å². The largest absolute Gasteiger partial charge is 0.378 e. The van der Waals surface area contributed by atoms with E-state index in [4.69, 9.17) is 4.74 Å². The summed E-state index contributed by atoms with van der Waals surface area (Å²) in [4.78, 5) is 14.4. The summed E-state index contributed by atoms with van der Waals surface area (Å²) in [6, 6.07) is 11.5. The standard InChI is InChI=1S/C19H25N5O2/c1-19(2,3)21-18(25)15-8-9-17(23-22-15)20-14-6-4-5-7-16(14)24-10-12-26-13-11-24/h4-9H,10-13H2,1-3H3,(H,20,23)(H,21,25). The topological polar surface area (TPSA) is 79.4 Å². The molecular formula is C19H25N5O2. The molecule has 26 heavy (non-hydrogen) atoms. The number of benzene rings is 1. The first-order chi connectivity index (χ1) is 12.4. The zero-order chi connectivity index (χ0) is 18.6. The zero-order valence-electron chi connectivity index (χ0n) is 15.5. The lowest BCUT2D eigenvalue weighted by Crippen LogP contribution is -2.41. The van der Waals surface area contributed by atoms with Gasteiger partial charge < -0.3 is 20.3 Å². The van der Waals surface area contributed by atoms with Crippen LogP contribution in [0.3, 0.4) is 0 Å². The number of para-hydroxylation sites is 2. The number of nitrogens with zero attached hydrogens (tertiary/aromatic N) is 3. The molecule has 0 saturated carbocycles. The molecule has 0 atom stereocenters. The number of morpholine rings is 1. The lowest BCUT2D eigenvalue weighted by atomic mass is 10.1. The minimum Gasteiger partial charge on any atom is -0.378 e. The number of ether oxygens (including phenoxy) is 1. The van der Waals surface area contributed by atoms with Crippen molar-refractivity contribution in [2.24, 2.45) is 0 Å². The summed E-state index contributed by atoms with van der Waals surface area (Å²) >= 11 is 0. The predicted octanol–water partition coefficient (Wildman–Crippen LogP) is 2.59. The molecule has 7 heteroatoms. The number of carbonyl (C=O) groups is 1. The molecule has 3 rings (SSSR count). The highest BCUT2D eigenvalue weighted by Crippen LogP contribution is 2.28. The molecule has 1 saturated heterocycles. The Balaban J connectivity index is 1.73. The minimum absolute atomic E-state index is 0.231. The highest BCUT2D eigenvalue weighted by molar-refractivity contribution is 5.92. The average Bonchev–Trinajstić information content (AvgIpc) is 2.62. The molecule has 0 radical (unpaired) electrons. The Labute approximate surface area is 153 Å². The maximum atomic E-state index is 12.1. The lowest BCUT2D eigenvalue weighted by molar-refractivity contribution is 0.0913. The van der Waals surface area contributed by atoms with Crippen molar-refractivity contribution in [3.8, 4) is 0 Å². The summed E-state index contributed by atoms with van der Waals surface area (Å²) in [6.07, 6.45) is 0. The highest BCUT2D eigenvalue weighted by atomic mass is 16.5. The first-order valence-corrected chi connectivity index (χ1v) is 8.77. The van der Waals surface area contributed by atoms with E-state index in [1.165, 1.54) is 0 Å². The van der Waals surface area contributed by atoms with Gasteiger partial charge >= 0.3 is 0 Å². The van der Waals surface area contributed by atoms with Gasteiger partial charge in [0.15, 0.2) is 11.5 Å². The van der Waals surface area contributed by atoms with Crippen molar-refractivity contribution in [1.29, 1.82) is 0 Å². The fraction of sp³-hybridized carbons (Fsp3) is 0.421. The number of rotatable bonds is 4. The van der Waals surface area contributed by atoms with Crippen LogP contribution in [0.5, 0.6) is 0 Å². The van der Waals surface area contributed by atoms with E-state index < -0.39 is 0 Å². The van der Waals surface area contributed by atoms with E-state index in [9.17, 15) is 4.79 Å². The fourth-order valence-electron chi connectivity index (χ4n) is 2.72. The molecule has 2 heterocycles. The third-order valence-electron chi connectivity index (χ3n) is 3.90. The summed E-state index contributed by atoms with van der Waals surface area (Å²) in [5, 5.41) is 14.4. The monoisotopic (exact) mass is 355 g/mol. The van der Waals surface area contributed by atoms with E-state index >= 15 is 0 Å². The Bertz CT molecular complexity index is 749. The van der Waals surface area contributed by atoms with Crippen LogP contribution in [0.25, 0.3) is 0 Å². The quantitative estimate of drug-likeness (QED) is 0.878. The molecule has 1 aromatic heterocycles. The van der Waals surface area contributed by atoms with Crippen LogP contribution in [0.2, 0.25) is 0 Å². The molecule has 1 aromatic carbocycles. The SMILES string of the molecule is CC(C)(C)NC(=O)c1ccc(Nc2ccccc2N2CCOCC2)nn1. The molecule has 7 nitrogen and oxygen atoms in total. The number of nitrogens with one attached hydrogen (secondary N) is 2. The summed E-state index contributed by atoms with van der Waals surface area (Å²) in [5.41, 5.74) is 2.04. The molecule has 1 fully saturated rings. The van der Waals surface area contributed by atoms with Gasteiger partial charge in [-0.3, -0.25) is 4.79 Å². The second-order valence-corrected chi connectivity index (χ2v) is 7.25. The van der Waals surface area contributed by atoms with Gasteiger partial charge in [-0.2, -0.15) is 0 Å². The van der Waals surface area contributed by atoms with Crippen LogP contribution >= 0.6 is 0 Å². The maximum absolute atomic E-state index is 12.1. The van der Waals surface area contributed by atoms with Gasteiger partial charge in [-0.1, -0.05) is 12.1 Å². The molecular weight excluding hydrogens is 330 g/mol. The summed E-state index contributed by atoms with van der Waals surface area (Å²) in [7, 11) is 0. The van der Waals surface area contributed by atoms with Crippen LogP contribution in [0.1, 0.15) is 31.3 Å². The van der Waals surface area contributed by atoms with E-state index in [0.29, 0.717) is 11.5 Å². The van der Waals surface area contributed by atoms with Crippen molar-refractivity contribution in [3.05, 3.63) is 42.1 Å². The second kappa shape index (κ2) is 7.70. The van der Waals surface area contributed by atoms with Gasteiger partial charge in [0.1, 0.15) is 0 Å². The molecule has 1 aliphatic heterocycles. The minimum atomic E-state index is -0.313. The summed E-state index contributed by atoms with van der Waals surface area (Å²) < 4.78 is 5.43. The average molecular weight is 355 g/mol. The Morgan fingerprint density at radius 2 is 1.81 bits per heavy atom. The van der Waals surface area contributed by atoms with Gasteiger partial charge in [-0.15, -0.1) is 10.2 Å².